The lowest BCUT2D eigenvalue weighted by Gasteiger charge is -2.26. The molecule has 2 N–H and O–H groups in total. The smallest absolute Gasteiger partial charge is 0.265 e. The molecule has 0 aliphatic heterocycles. The average molecular weight is 536 g/mol. The summed E-state index contributed by atoms with van der Waals surface area (Å²) in [6, 6.07) is 15.4. The summed E-state index contributed by atoms with van der Waals surface area (Å²) in [6.45, 7) is 5.98. The molecule has 9 heteroatoms. The van der Waals surface area contributed by atoms with Crippen molar-refractivity contribution in [3.63, 3.8) is 0 Å². The second-order valence-electron chi connectivity index (χ2n) is 8.47. The van der Waals surface area contributed by atoms with Gasteiger partial charge in [0, 0.05) is 20.9 Å². The molecule has 6 rings (SSSR count). The summed E-state index contributed by atoms with van der Waals surface area (Å²) in [5.74, 6) is 0.698. The molecule has 0 radical (unpaired) electrons. The predicted octanol–water partition coefficient (Wildman–Crippen LogP) is 8.27. The van der Waals surface area contributed by atoms with E-state index >= 15 is 0 Å². The van der Waals surface area contributed by atoms with Crippen molar-refractivity contribution in [2.75, 3.05) is 10.6 Å². The maximum absolute atomic E-state index is 12.7. The fourth-order valence-electron chi connectivity index (χ4n) is 3.91. The zero-order valence-corrected chi connectivity index (χ0v) is 22.7. The van der Waals surface area contributed by atoms with Gasteiger partial charge in [-0.05, 0) is 62.1 Å². The predicted molar refractivity (Wildman–Crippen MR) is 157 cm³/mol. The summed E-state index contributed by atoms with van der Waals surface area (Å²) >= 11 is 2.94. The standard InChI is InChI=1S/C26H23N5O2S2.C2H6.2H2/c1-16-6-2-3-9-18(16)29-25(32)21-11-12-23(34-21)30-26-28-15-22(35-26)19-14-27-24-20(10-5-13-31(19)24)33-17-7-4-8-17;1-2;;/h2-3,5-6,9-15,17H,4,7-8H2,1H3,(H,28,30)(H,29,32);1-2H3;2*1H. The summed E-state index contributed by atoms with van der Waals surface area (Å²) in [6.07, 6.45) is 9.45. The van der Waals surface area contributed by atoms with E-state index in [0.717, 1.165) is 56.2 Å². The van der Waals surface area contributed by atoms with Gasteiger partial charge in [0.05, 0.1) is 32.8 Å². The number of nitrogens with zero attached hydrogens (tertiary/aromatic N) is 3. The van der Waals surface area contributed by atoms with E-state index in [1.807, 2.05) is 92.3 Å². The maximum Gasteiger partial charge on any atom is 0.265 e. The minimum Gasteiger partial charge on any atom is -0.487 e. The molecule has 194 valence electrons. The van der Waals surface area contributed by atoms with Gasteiger partial charge in [-0.25, -0.2) is 9.97 Å². The summed E-state index contributed by atoms with van der Waals surface area (Å²) in [7, 11) is 0. The third kappa shape index (κ3) is 5.38. The van der Waals surface area contributed by atoms with E-state index < -0.39 is 0 Å². The highest BCUT2D eigenvalue weighted by Gasteiger charge is 2.21. The van der Waals surface area contributed by atoms with Crippen LogP contribution in [-0.2, 0) is 0 Å². The molecule has 1 aliphatic carbocycles. The number of anilines is 3. The molecule has 0 spiro atoms. The van der Waals surface area contributed by atoms with Gasteiger partial charge in [-0.3, -0.25) is 9.20 Å². The highest BCUT2D eigenvalue weighted by atomic mass is 32.1. The number of para-hydroxylation sites is 1. The van der Waals surface area contributed by atoms with Crippen LogP contribution in [-0.4, -0.2) is 26.4 Å². The van der Waals surface area contributed by atoms with E-state index in [2.05, 4.69) is 20.6 Å². The molecule has 0 bridgehead atoms. The van der Waals surface area contributed by atoms with Crippen molar-refractivity contribution in [2.45, 2.75) is 46.1 Å². The summed E-state index contributed by atoms with van der Waals surface area (Å²) in [4.78, 5) is 23.5. The van der Waals surface area contributed by atoms with Crippen LogP contribution >= 0.6 is 22.7 Å². The van der Waals surface area contributed by atoms with E-state index in [9.17, 15) is 4.79 Å². The average Bonchev–Trinajstić information content (AvgIpc) is 3.64. The number of rotatable bonds is 7. The van der Waals surface area contributed by atoms with Gasteiger partial charge in [-0.2, -0.15) is 0 Å². The second kappa shape index (κ2) is 11.1. The highest BCUT2D eigenvalue weighted by molar-refractivity contribution is 7.20. The Balaban J connectivity index is 0.00000103. The Labute approximate surface area is 227 Å². The quantitative estimate of drug-likeness (QED) is 0.219. The van der Waals surface area contributed by atoms with Crippen LogP contribution in [0.25, 0.3) is 16.2 Å². The van der Waals surface area contributed by atoms with E-state index in [4.69, 9.17) is 4.74 Å². The van der Waals surface area contributed by atoms with Gasteiger partial charge in [-0.15, -0.1) is 11.3 Å². The van der Waals surface area contributed by atoms with Crippen LogP contribution in [0.2, 0.25) is 0 Å². The molecule has 0 atom stereocenters. The number of carbonyl (C=O) groups is 1. The highest BCUT2D eigenvalue weighted by Crippen LogP contribution is 2.35. The molecule has 7 nitrogen and oxygen atoms in total. The molecule has 5 aromatic rings. The van der Waals surface area contributed by atoms with Gasteiger partial charge in [0.15, 0.2) is 16.5 Å². The normalized spacial score (nSPS) is 12.9. The van der Waals surface area contributed by atoms with Crippen LogP contribution in [0, 0.1) is 6.92 Å². The number of aromatic nitrogens is 3. The maximum atomic E-state index is 12.7. The lowest BCUT2D eigenvalue weighted by molar-refractivity contribution is 0.103. The van der Waals surface area contributed by atoms with Crippen molar-refractivity contribution < 1.29 is 12.4 Å². The lowest BCUT2D eigenvalue weighted by Crippen LogP contribution is -2.24. The Morgan fingerprint density at radius 3 is 2.68 bits per heavy atom. The van der Waals surface area contributed by atoms with Gasteiger partial charge in [-0.1, -0.05) is 43.4 Å². The first-order chi connectivity index (χ1) is 18.1. The van der Waals surface area contributed by atoms with Gasteiger partial charge in [0.25, 0.3) is 5.91 Å². The SMILES string of the molecule is CC.Cc1ccccc1NC(=O)c1ccc(Nc2ncc(-c3cnc4c(OC5CCC5)cccn34)s2)s1.[HH].[HH]. The number of hydrogen-bond acceptors (Lipinski definition) is 7. The summed E-state index contributed by atoms with van der Waals surface area (Å²) < 4.78 is 8.17. The van der Waals surface area contributed by atoms with Crippen LogP contribution in [0.1, 0.15) is 51.2 Å². The van der Waals surface area contributed by atoms with Crippen LogP contribution in [0.3, 0.4) is 0 Å². The van der Waals surface area contributed by atoms with Crippen LogP contribution in [0.15, 0.2) is 67.1 Å². The summed E-state index contributed by atoms with van der Waals surface area (Å²) in [5.41, 5.74) is 3.63. The molecule has 1 aromatic carbocycles. The molecule has 0 saturated heterocycles. The number of imidazole rings is 1. The largest absolute Gasteiger partial charge is 0.487 e. The van der Waals surface area contributed by atoms with Crippen molar-refractivity contribution in [2.24, 2.45) is 0 Å². The van der Waals surface area contributed by atoms with Crippen molar-refractivity contribution in [3.8, 4) is 16.3 Å². The molecule has 37 heavy (non-hydrogen) atoms. The number of amides is 1. The van der Waals surface area contributed by atoms with E-state index in [1.165, 1.54) is 17.8 Å². The Bertz CT molecular complexity index is 1530. The number of fused-ring (bicyclic) bond motifs is 1. The minimum atomic E-state index is -0.122. The van der Waals surface area contributed by atoms with E-state index in [-0.39, 0.29) is 8.76 Å². The van der Waals surface area contributed by atoms with Gasteiger partial charge >= 0.3 is 0 Å². The van der Waals surface area contributed by atoms with Gasteiger partial charge < -0.3 is 15.4 Å². The zero-order chi connectivity index (χ0) is 25.8. The Hall–Kier alpha value is -3.69. The number of benzene rings is 1. The van der Waals surface area contributed by atoms with Crippen molar-refractivity contribution in [3.05, 3.63) is 77.6 Å². The Kier molecular flexibility index (Phi) is 7.52. The van der Waals surface area contributed by atoms with Crippen molar-refractivity contribution in [1.82, 2.24) is 14.4 Å². The van der Waals surface area contributed by atoms with Gasteiger partial charge in [0.1, 0.15) is 0 Å². The molecule has 4 aromatic heterocycles. The Morgan fingerprint density at radius 1 is 1.05 bits per heavy atom. The third-order valence-electron chi connectivity index (χ3n) is 6.06. The number of nitrogens with one attached hydrogen (secondary N) is 2. The first kappa shape index (κ1) is 25.0. The van der Waals surface area contributed by atoms with E-state index in [0.29, 0.717) is 11.0 Å². The molecule has 1 aliphatic rings. The Morgan fingerprint density at radius 2 is 1.89 bits per heavy atom. The van der Waals surface area contributed by atoms with Crippen LogP contribution in [0.5, 0.6) is 5.75 Å². The third-order valence-corrected chi connectivity index (χ3v) is 7.99. The van der Waals surface area contributed by atoms with E-state index in [1.54, 1.807) is 11.3 Å². The number of aryl methyl sites for hydroxylation is 1. The van der Waals surface area contributed by atoms with Crippen molar-refractivity contribution in [1.29, 1.82) is 0 Å². The molecule has 4 heterocycles. The zero-order valence-electron chi connectivity index (χ0n) is 21.0. The lowest BCUT2D eigenvalue weighted by atomic mass is 9.96. The first-order valence-electron chi connectivity index (χ1n) is 12.5. The van der Waals surface area contributed by atoms with Crippen molar-refractivity contribution >= 4 is 50.0 Å². The van der Waals surface area contributed by atoms with Gasteiger partial charge in [0.2, 0.25) is 0 Å². The number of hydrogen-bond donors (Lipinski definition) is 2. The fraction of sp³-hybridized carbons (Fsp3) is 0.250. The monoisotopic (exact) mass is 535 g/mol. The number of thiazole rings is 1. The molecule has 1 amide bonds. The minimum absolute atomic E-state index is 0. The van der Waals surface area contributed by atoms with Crippen LogP contribution in [0.4, 0.5) is 15.8 Å². The topological polar surface area (TPSA) is 80.5 Å². The number of carbonyl (C=O) groups excluding carboxylic acids is 1. The second-order valence-corrected chi connectivity index (χ2v) is 10.6. The van der Waals surface area contributed by atoms with Crippen LogP contribution < -0.4 is 15.4 Å². The fourth-order valence-corrected chi connectivity index (χ4v) is 5.61. The molecule has 0 unspecified atom stereocenters. The molecular formula is C28H33N5O2S2. The summed E-state index contributed by atoms with van der Waals surface area (Å²) in [5, 5.41) is 7.92. The molecule has 1 saturated carbocycles. The molecular weight excluding hydrogens is 502 g/mol. The number of ether oxygens (including phenoxy) is 1. The number of thiophene rings is 1. The number of pyridine rings is 1. The molecule has 1 fully saturated rings. The first-order valence-corrected chi connectivity index (χ1v) is 14.1.